The molecular formula is C12H20N4O2S2. The van der Waals surface area contributed by atoms with Crippen LogP contribution >= 0.6 is 11.3 Å². The fourth-order valence-electron chi connectivity index (χ4n) is 2.58. The molecule has 0 aromatic carbocycles. The predicted molar refractivity (Wildman–Crippen MR) is 79.2 cm³/mol. The Morgan fingerprint density at radius 1 is 1.30 bits per heavy atom. The Morgan fingerprint density at radius 2 is 1.95 bits per heavy atom. The van der Waals surface area contributed by atoms with E-state index in [1.165, 1.54) is 12.8 Å². The normalized spacial score (nSPS) is 22.2. The van der Waals surface area contributed by atoms with Gasteiger partial charge in [0.05, 0.1) is 5.69 Å². The minimum Gasteiger partial charge on any atom is -0.375 e. The van der Waals surface area contributed by atoms with Gasteiger partial charge in [0, 0.05) is 32.7 Å². The number of aryl methyl sites for hydroxylation is 1. The summed E-state index contributed by atoms with van der Waals surface area (Å²) in [6.45, 7) is 5.59. The maximum Gasteiger partial charge on any atom is 0.254 e. The van der Waals surface area contributed by atoms with Gasteiger partial charge in [0.15, 0.2) is 9.34 Å². The largest absolute Gasteiger partial charge is 0.375 e. The molecule has 1 aromatic rings. The molecule has 20 heavy (non-hydrogen) atoms. The fourth-order valence-corrected chi connectivity index (χ4v) is 5.43. The molecular weight excluding hydrogens is 296 g/mol. The highest BCUT2D eigenvalue weighted by molar-refractivity contribution is 7.91. The quantitative estimate of drug-likeness (QED) is 0.887. The minimum absolute atomic E-state index is 0.297. The number of thiazole rings is 1. The number of anilines is 1. The van der Waals surface area contributed by atoms with Crippen molar-refractivity contribution in [3.63, 3.8) is 0 Å². The summed E-state index contributed by atoms with van der Waals surface area (Å²) in [4.78, 5) is 6.39. The standard InChI is InChI=1S/C12H20N4O2S2/c1-9-11(19-12(13)14-9)20(17,18)16-6-4-15(5-7-16)8-10-2-3-10/h10H,2-8H2,1H3,(H2,13,14). The zero-order valence-electron chi connectivity index (χ0n) is 11.6. The number of piperazine rings is 1. The van der Waals surface area contributed by atoms with Crippen LogP contribution in [0.15, 0.2) is 4.21 Å². The Bertz CT molecular complexity index is 587. The second-order valence-electron chi connectivity index (χ2n) is 5.57. The van der Waals surface area contributed by atoms with Crippen molar-refractivity contribution in [1.82, 2.24) is 14.2 Å². The molecule has 6 nitrogen and oxygen atoms in total. The molecule has 2 fully saturated rings. The SMILES string of the molecule is Cc1nc(N)sc1S(=O)(=O)N1CCN(CC2CC2)CC1. The van der Waals surface area contributed by atoms with Gasteiger partial charge in [-0.2, -0.15) is 4.31 Å². The van der Waals surface area contributed by atoms with Crippen molar-refractivity contribution >= 4 is 26.5 Å². The van der Waals surface area contributed by atoms with Gasteiger partial charge in [-0.25, -0.2) is 13.4 Å². The smallest absolute Gasteiger partial charge is 0.254 e. The van der Waals surface area contributed by atoms with Crippen molar-refractivity contribution in [2.75, 3.05) is 38.5 Å². The second kappa shape index (κ2) is 5.25. The number of hydrogen-bond donors (Lipinski definition) is 1. The third-order valence-electron chi connectivity index (χ3n) is 3.89. The van der Waals surface area contributed by atoms with E-state index in [-0.39, 0.29) is 0 Å². The molecule has 2 heterocycles. The summed E-state index contributed by atoms with van der Waals surface area (Å²) >= 11 is 1.06. The molecule has 8 heteroatoms. The number of hydrogen-bond acceptors (Lipinski definition) is 6. The van der Waals surface area contributed by atoms with Crippen LogP contribution in [0.1, 0.15) is 18.5 Å². The maximum absolute atomic E-state index is 12.6. The Morgan fingerprint density at radius 3 is 2.45 bits per heavy atom. The molecule has 0 unspecified atom stereocenters. The van der Waals surface area contributed by atoms with Crippen LogP contribution in [0.25, 0.3) is 0 Å². The van der Waals surface area contributed by atoms with Crippen molar-refractivity contribution in [2.45, 2.75) is 24.0 Å². The lowest BCUT2D eigenvalue weighted by Gasteiger charge is -2.33. The van der Waals surface area contributed by atoms with Crippen molar-refractivity contribution in [3.05, 3.63) is 5.69 Å². The molecule has 0 radical (unpaired) electrons. The Balaban J connectivity index is 1.68. The van der Waals surface area contributed by atoms with E-state index >= 15 is 0 Å². The van der Waals surface area contributed by atoms with E-state index in [4.69, 9.17) is 5.73 Å². The average molecular weight is 316 g/mol. The highest BCUT2D eigenvalue weighted by Crippen LogP contribution is 2.31. The van der Waals surface area contributed by atoms with Gasteiger partial charge < -0.3 is 10.6 Å². The number of nitrogens with zero attached hydrogens (tertiary/aromatic N) is 3. The van der Waals surface area contributed by atoms with Crippen LogP contribution in [0.3, 0.4) is 0 Å². The van der Waals surface area contributed by atoms with E-state index in [0.29, 0.717) is 28.1 Å². The molecule has 2 aliphatic rings. The lowest BCUT2D eigenvalue weighted by molar-refractivity contribution is 0.182. The summed E-state index contributed by atoms with van der Waals surface area (Å²) in [5.74, 6) is 0.849. The number of sulfonamides is 1. The number of nitrogen functional groups attached to an aromatic ring is 1. The van der Waals surface area contributed by atoms with Crippen molar-refractivity contribution in [2.24, 2.45) is 5.92 Å². The van der Waals surface area contributed by atoms with Crippen LogP contribution in [0.4, 0.5) is 5.13 Å². The first kappa shape index (κ1) is 14.2. The molecule has 1 saturated carbocycles. The summed E-state index contributed by atoms with van der Waals surface area (Å²) in [7, 11) is -3.43. The van der Waals surface area contributed by atoms with Gasteiger partial charge >= 0.3 is 0 Å². The van der Waals surface area contributed by atoms with Crippen LogP contribution in [0.2, 0.25) is 0 Å². The highest BCUT2D eigenvalue weighted by Gasteiger charge is 2.33. The van der Waals surface area contributed by atoms with Gasteiger partial charge in [0.1, 0.15) is 0 Å². The molecule has 1 aliphatic carbocycles. The first-order valence-electron chi connectivity index (χ1n) is 6.92. The van der Waals surface area contributed by atoms with Gasteiger partial charge in [0.25, 0.3) is 10.0 Å². The highest BCUT2D eigenvalue weighted by atomic mass is 32.2. The number of rotatable bonds is 4. The van der Waals surface area contributed by atoms with E-state index < -0.39 is 10.0 Å². The van der Waals surface area contributed by atoms with Gasteiger partial charge in [-0.15, -0.1) is 0 Å². The molecule has 112 valence electrons. The van der Waals surface area contributed by atoms with Crippen molar-refractivity contribution < 1.29 is 8.42 Å². The molecule has 0 atom stereocenters. The van der Waals surface area contributed by atoms with Gasteiger partial charge in [-0.3, -0.25) is 0 Å². The molecule has 1 aliphatic heterocycles. The van der Waals surface area contributed by atoms with E-state index in [9.17, 15) is 8.42 Å². The minimum atomic E-state index is -3.43. The number of aromatic nitrogens is 1. The number of nitrogens with two attached hydrogens (primary N) is 1. The van der Waals surface area contributed by atoms with Crippen LogP contribution < -0.4 is 5.73 Å². The summed E-state index contributed by atoms with van der Waals surface area (Å²) < 4.78 is 27.0. The Hall–Kier alpha value is -0.700. The molecule has 0 spiro atoms. The van der Waals surface area contributed by atoms with Crippen LogP contribution in [-0.2, 0) is 10.0 Å². The fraction of sp³-hybridized carbons (Fsp3) is 0.750. The summed E-state index contributed by atoms with van der Waals surface area (Å²) in [5.41, 5.74) is 6.11. The summed E-state index contributed by atoms with van der Waals surface area (Å²) in [5, 5.41) is 0.313. The molecule has 2 N–H and O–H groups in total. The Labute approximate surface area is 123 Å². The molecule has 0 amide bonds. The first-order chi connectivity index (χ1) is 9.46. The second-order valence-corrected chi connectivity index (χ2v) is 8.74. The molecule has 1 aromatic heterocycles. The van der Waals surface area contributed by atoms with E-state index in [1.807, 2.05) is 0 Å². The van der Waals surface area contributed by atoms with Gasteiger partial charge in [-0.05, 0) is 25.7 Å². The summed E-state index contributed by atoms with van der Waals surface area (Å²) in [6, 6.07) is 0. The zero-order chi connectivity index (χ0) is 14.3. The van der Waals surface area contributed by atoms with E-state index in [1.54, 1.807) is 11.2 Å². The maximum atomic E-state index is 12.6. The third-order valence-corrected chi connectivity index (χ3v) is 7.36. The monoisotopic (exact) mass is 316 g/mol. The first-order valence-corrected chi connectivity index (χ1v) is 9.18. The lowest BCUT2D eigenvalue weighted by atomic mass is 10.3. The molecule has 3 rings (SSSR count). The van der Waals surface area contributed by atoms with Crippen LogP contribution in [-0.4, -0.2) is 55.3 Å². The van der Waals surface area contributed by atoms with Crippen LogP contribution in [0, 0.1) is 12.8 Å². The van der Waals surface area contributed by atoms with Gasteiger partial charge in [-0.1, -0.05) is 11.3 Å². The summed E-state index contributed by atoms with van der Waals surface area (Å²) in [6.07, 6.45) is 2.66. The van der Waals surface area contributed by atoms with Crippen molar-refractivity contribution in [1.29, 1.82) is 0 Å². The van der Waals surface area contributed by atoms with Crippen LogP contribution in [0.5, 0.6) is 0 Å². The Kier molecular flexibility index (Phi) is 3.74. The van der Waals surface area contributed by atoms with Crippen molar-refractivity contribution in [3.8, 4) is 0 Å². The van der Waals surface area contributed by atoms with Gasteiger partial charge in [0.2, 0.25) is 0 Å². The van der Waals surface area contributed by atoms with E-state index in [2.05, 4.69) is 9.88 Å². The average Bonchev–Trinajstić information content (AvgIpc) is 3.13. The lowest BCUT2D eigenvalue weighted by Crippen LogP contribution is -2.48. The molecule has 1 saturated heterocycles. The third kappa shape index (κ3) is 2.83. The topological polar surface area (TPSA) is 79.5 Å². The zero-order valence-corrected chi connectivity index (χ0v) is 13.2. The predicted octanol–water partition coefficient (Wildman–Crippen LogP) is 0.750. The van der Waals surface area contributed by atoms with E-state index in [0.717, 1.165) is 36.9 Å². The molecule has 0 bridgehead atoms.